The molecule has 14 heavy (non-hydrogen) atoms. The van der Waals surface area contributed by atoms with Gasteiger partial charge in [-0.25, -0.2) is 4.79 Å². The number of aliphatic hydroxyl groups excluding tert-OH is 1. The van der Waals surface area contributed by atoms with Crippen molar-refractivity contribution in [3.8, 4) is 5.75 Å². The van der Waals surface area contributed by atoms with Crippen LogP contribution in [0, 0.1) is 6.07 Å². The average molecular weight is 206 g/mol. The van der Waals surface area contributed by atoms with Crippen LogP contribution in [0.4, 0.5) is 0 Å². The van der Waals surface area contributed by atoms with Crippen LogP contribution in [-0.2, 0) is 4.79 Å². The van der Waals surface area contributed by atoms with Crippen molar-refractivity contribution in [2.75, 3.05) is 0 Å². The van der Waals surface area contributed by atoms with Gasteiger partial charge in [0.1, 0.15) is 6.10 Å². The zero-order valence-corrected chi connectivity index (χ0v) is 10.1. The summed E-state index contributed by atoms with van der Waals surface area (Å²) >= 11 is 0. The molecule has 72 valence electrons. The number of phenolic OH excluding ortho intramolecular Hbond substituents is 1. The Morgan fingerprint density at radius 2 is 2.00 bits per heavy atom. The first-order valence-corrected chi connectivity index (χ1v) is 3.60. The van der Waals surface area contributed by atoms with Crippen LogP contribution < -0.4 is 29.6 Å². The summed E-state index contributed by atoms with van der Waals surface area (Å²) in [5.74, 6) is -0.988. The van der Waals surface area contributed by atoms with Crippen molar-refractivity contribution >= 4 is 5.97 Å². The summed E-state index contributed by atoms with van der Waals surface area (Å²) in [6.45, 7) is 1.20. The molecule has 0 aliphatic carbocycles. The number of hydrogen-bond donors (Lipinski definition) is 3. The van der Waals surface area contributed by atoms with E-state index in [2.05, 4.69) is 6.07 Å². The van der Waals surface area contributed by atoms with E-state index >= 15 is 0 Å². The molecule has 0 aromatic heterocycles. The Hall–Kier alpha value is -0.550. The van der Waals surface area contributed by atoms with E-state index in [-0.39, 0.29) is 35.3 Å². The van der Waals surface area contributed by atoms with E-state index in [1.807, 2.05) is 0 Å². The van der Waals surface area contributed by atoms with Crippen LogP contribution in [0.3, 0.4) is 0 Å². The number of carbonyl (C=O) groups is 1. The van der Waals surface area contributed by atoms with Gasteiger partial charge in [-0.2, -0.15) is 18.2 Å². The Balaban J connectivity index is 0. The first-order chi connectivity index (χ1) is 6.04. The standard InChI is InChI=1S/C6H5O.C3H6O3.Na/c7-6-4-2-1-3-5-6;1-2(4)3(5)6;/h1-4,7H;2,4H,1H3,(H,5,6);/q-1;;+1. The summed E-state index contributed by atoms with van der Waals surface area (Å²) in [7, 11) is 0. The number of rotatable bonds is 1. The second kappa shape index (κ2) is 9.02. The van der Waals surface area contributed by atoms with Gasteiger partial charge in [0.15, 0.2) is 0 Å². The van der Waals surface area contributed by atoms with Crippen molar-refractivity contribution in [2.45, 2.75) is 13.0 Å². The number of aromatic hydroxyl groups is 1. The van der Waals surface area contributed by atoms with Crippen LogP contribution in [0.25, 0.3) is 0 Å². The van der Waals surface area contributed by atoms with Gasteiger partial charge in [-0.05, 0) is 6.92 Å². The average Bonchev–Trinajstić information content (AvgIpc) is 2.06. The van der Waals surface area contributed by atoms with Crippen LogP contribution in [-0.4, -0.2) is 27.4 Å². The van der Waals surface area contributed by atoms with E-state index in [0.717, 1.165) is 0 Å². The van der Waals surface area contributed by atoms with E-state index in [0.29, 0.717) is 0 Å². The molecule has 0 spiro atoms. The molecular weight excluding hydrogens is 195 g/mol. The topological polar surface area (TPSA) is 77.8 Å². The maximum Gasteiger partial charge on any atom is 1.00 e. The van der Waals surface area contributed by atoms with Crippen molar-refractivity contribution in [3.63, 3.8) is 0 Å². The molecule has 0 radical (unpaired) electrons. The Morgan fingerprint density at radius 3 is 2.14 bits per heavy atom. The molecule has 1 rings (SSSR count). The molecule has 0 heterocycles. The minimum absolute atomic E-state index is 0. The third kappa shape index (κ3) is 9.54. The van der Waals surface area contributed by atoms with Gasteiger partial charge in [-0.1, -0.05) is 0 Å². The summed E-state index contributed by atoms with van der Waals surface area (Å²) in [6.07, 6.45) is -1.23. The van der Waals surface area contributed by atoms with E-state index < -0.39 is 12.1 Å². The SMILES string of the molecule is CC(O)C(=O)O.Oc1[c-]cccc1.[Na+]. The predicted molar refractivity (Wildman–Crippen MR) is 46.3 cm³/mol. The van der Waals surface area contributed by atoms with E-state index in [1.165, 1.54) is 6.92 Å². The van der Waals surface area contributed by atoms with Gasteiger partial charge in [-0.15, -0.1) is 12.1 Å². The quantitative estimate of drug-likeness (QED) is 0.355. The smallest absolute Gasteiger partial charge is 0.534 e. The molecule has 0 fully saturated rings. The summed E-state index contributed by atoms with van der Waals surface area (Å²) in [6, 6.07) is 9.39. The molecule has 0 bridgehead atoms. The largest absolute Gasteiger partial charge is 1.00 e. The third-order valence-electron chi connectivity index (χ3n) is 1.05. The van der Waals surface area contributed by atoms with Gasteiger partial charge >= 0.3 is 35.5 Å². The molecule has 0 amide bonds. The van der Waals surface area contributed by atoms with Gasteiger partial charge < -0.3 is 15.3 Å². The van der Waals surface area contributed by atoms with Gasteiger partial charge in [-0.3, -0.25) is 0 Å². The van der Waals surface area contributed by atoms with Gasteiger partial charge in [0.05, 0.1) is 0 Å². The molecule has 3 N–H and O–H groups in total. The normalized spacial score (nSPS) is 10.1. The number of para-hydroxylation sites is 1. The molecule has 4 nitrogen and oxygen atoms in total. The second-order valence-electron chi connectivity index (χ2n) is 2.26. The van der Waals surface area contributed by atoms with Crippen LogP contribution in [0.15, 0.2) is 24.3 Å². The molecule has 1 aromatic rings. The summed E-state index contributed by atoms with van der Waals surface area (Å²) < 4.78 is 0. The Labute approximate surface area is 104 Å². The molecule has 5 heteroatoms. The second-order valence-corrected chi connectivity index (χ2v) is 2.26. The van der Waals surface area contributed by atoms with E-state index in [1.54, 1.807) is 24.3 Å². The first-order valence-electron chi connectivity index (χ1n) is 3.60. The molecule has 0 saturated heterocycles. The maximum atomic E-state index is 9.45. The summed E-state index contributed by atoms with van der Waals surface area (Å²) in [4.78, 5) is 9.45. The van der Waals surface area contributed by atoms with Gasteiger partial charge in [0.25, 0.3) is 0 Å². The van der Waals surface area contributed by atoms with Crippen LogP contribution in [0.5, 0.6) is 5.75 Å². The molecule has 1 aromatic carbocycles. The van der Waals surface area contributed by atoms with Crippen molar-refractivity contribution < 1.29 is 49.7 Å². The minimum atomic E-state index is -1.23. The molecule has 0 saturated carbocycles. The fraction of sp³-hybridized carbons (Fsp3) is 0.222. The Bertz CT molecular complexity index is 248. The minimum Gasteiger partial charge on any atom is -0.534 e. The monoisotopic (exact) mass is 206 g/mol. The summed E-state index contributed by atoms with van der Waals surface area (Å²) in [5, 5.41) is 24.3. The molecule has 0 aliphatic heterocycles. The molecule has 1 unspecified atom stereocenters. The fourth-order valence-electron chi connectivity index (χ4n) is 0.384. The zero-order chi connectivity index (χ0) is 10.3. The van der Waals surface area contributed by atoms with Gasteiger partial charge in [0, 0.05) is 5.75 Å². The first kappa shape index (κ1) is 15.9. The summed E-state index contributed by atoms with van der Waals surface area (Å²) in [5.41, 5.74) is 0. The maximum absolute atomic E-state index is 9.45. The Morgan fingerprint density at radius 1 is 1.50 bits per heavy atom. The number of benzene rings is 1. The molecular formula is C9H11NaO4. The number of aliphatic hydroxyl groups is 1. The van der Waals surface area contributed by atoms with Crippen molar-refractivity contribution in [1.29, 1.82) is 0 Å². The van der Waals surface area contributed by atoms with E-state index in [4.69, 9.17) is 15.3 Å². The van der Waals surface area contributed by atoms with E-state index in [9.17, 15) is 4.79 Å². The van der Waals surface area contributed by atoms with Crippen molar-refractivity contribution in [1.82, 2.24) is 0 Å². The van der Waals surface area contributed by atoms with Gasteiger partial charge in [0.2, 0.25) is 0 Å². The zero-order valence-electron chi connectivity index (χ0n) is 8.14. The fourth-order valence-corrected chi connectivity index (χ4v) is 0.384. The molecule has 0 aliphatic rings. The Kier molecular flexibility index (Phi) is 10.2. The number of aliphatic carboxylic acids is 1. The number of carboxylic acid groups (broad SMARTS) is 1. The van der Waals surface area contributed by atoms with Crippen LogP contribution in [0.1, 0.15) is 6.92 Å². The van der Waals surface area contributed by atoms with Crippen molar-refractivity contribution in [2.24, 2.45) is 0 Å². The number of hydrogen-bond acceptors (Lipinski definition) is 3. The molecule has 1 atom stereocenters. The van der Waals surface area contributed by atoms with Crippen LogP contribution >= 0.6 is 0 Å². The third-order valence-corrected chi connectivity index (χ3v) is 1.05. The number of phenols is 1. The predicted octanol–water partition coefficient (Wildman–Crippen LogP) is -2.35. The van der Waals surface area contributed by atoms with Crippen molar-refractivity contribution in [3.05, 3.63) is 30.3 Å². The van der Waals surface area contributed by atoms with Crippen LogP contribution in [0.2, 0.25) is 0 Å². The number of carboxylic acids is 1.